The summed E-state index contributed by atoms with van der Waals surface area (Å²) in [5, 5.41) is 27.8. The third-order valence-corrected chi connectivity index (χ3v) is 10.4. The molecule has 2 aromatic heterocycles. The Morgan fingerprint density at radius 2 is 1.18 bits per heavy atom. The van der Waals surface area contributed by atoms with Crippen molar-refractivity contribution in [2.24, 2.45) is 21.7 Å². The maximum absolute atomic E-state index is 12.8. The normalized spacial score (nSPS) is 23.3. The molecule has 2 N–H and O–H groups in total. The smallest absolute Gasteiger partial charge is 0.452 e. The van der Waals surface area contributed by atoms with Gasteiger partial charge in [-0.1, -0.05) is 91.7 Å². The Morgan fingerprint density at radius 1 is 0.661 bits per heavy atom. The van der Waals surface area contributed by atoms with E-state index in [1.54, 1.807) is 12.1 Å². The standard InChI is InChI=1S/C20H22F3NO5.C20H22F3NO3/c1-16(2,3)20-17(4,5)10-26-18(20,28-29-20)11-6-7-12(14(25)8-11)13-9-15(27-24-13)19(21,22)23;1-18(2,3)17-16(26-10-19(17,4)5)11-6-7-12(14(25)8-11)13-9-15(27-24-13)20(21,22)23/h6-9,25H,10H2,1-5H3;6-9,25H,10H2,1-5H3. The summed E-state index contributed by atoms with van der Waals surface area (Å²) in [4.78, 5) is 11.2. The summed E-state index contributed by atoms with van der Waals surface area (Å²) in [6.45, 7) is 21.5. The first-order valence-electron chi connectivity index (χ1n) is 17.7. The Labute approximate surface area is 319 Å². The van der Waals surface area contributed by atoms with Crippen LogP contribution in [-0.2, 0) is 37.4 Å². The molecule has 3 aliphatic heterocycles. The average molecular weight is 795 g/mol. The predicted octanol–water partition coefficient (Wildman–Crippen LogP) is 10.9. The second-order valence-corrected chi connectivity index (χ2v) is 17.6. The van der Waals surface area contributed by atoms with Crippen molar-refractivity contribution in [1.82, 2.24) is 10.3 Å². The van der Waals surface area contributed by atoms with Crippen molar-refractivity contribution in [2.45, 2.75) is 93.0 Å². The molecule has 0 radical (unpaired) electrons. The minimum absolute atomic E-state index is 0.0796. The molecule has 2 aromatic carbocycles. The number of fused-ring (bicyclic) bond motifs is 1. The van der Waals surface area contributed by atoms with Gasteiger partial charge in [-0.3, -0.25) is 0 Å². The van der Waals surface area contributed by atoms with E-state index in [9.17, 15) is 36.6 Å². The summed E-state index contributed by atoms with van der Waals surface area (Å²) in [5.74, 6) is -3.46. The van der Waals surface area contributed by atoms with Gasteiger partial charge >= 0.3 is 12.4 Å². The molecule has 10 nitrogen and oxygen atoms in total. The van der Waals surface area contributed by atoms with Crippen LogP contribution < -0.4 is 0 Å². The van der Waals surface area contributed by atoms with Crippen LogP contribution in [0.3, 0.4) is 0 Å². The number of aromatic nitrogens is 2. The van der Waals surface area contributed by atoms with E-state index in [0.29, 0.717) is 30.1 Å². The van der Waals surface area contributed by atoms with Crippen molar-refractivity contribution < 1.29 is 64.9 Å². The third-order valence-electron chi connectivity index (χ3n) is 10.4. The topological polar surface area (TPSA) is 129 Å². The van der Waals surface area contributed by atoms with Crippen molar-refractivity contribution in [3.63, 3.8) is 0 Å². The average Bonchev–Trinajstić information content (AvgIpc) is 3.81. The molecule has 2 fully saturated rings. The third kappa shape index (κ3) is 6.62. The largest absolute Gasteiger partial charge is 0.507 e. The summed E-state index contributed by atoms with van der Waals surface area (Å²) in [6.07, 6.45) is -9.29. The number of benzene rings is 2. The van der Waals surface area contributed by atoms with Gasteiger partial charge in [-0.15, -0.1) is 0 Å². The highest BCUT2D eigenvalue weighted by molar-refractivity contribution is 5.74. The van der Waals surface area contributed by atoms with Crippen molar-refractivity contribution in [2.75, 3.05) is 13.2 Å². The zero-order valence-electron chi connectivity index (χ0n) is 32.5. The number of phenolic OH excluding ortho intramolecular Hbond substituents is 2. The highest BCUT2D eigenvalue weighted by Gasteiger charge is 2.81. The van der Waals surface area contributed by atoms with Gasteiger partial charge in [0, 0.05) is 50.6 Å². The number of halogens is 6. The highest BCUT2D eigenvalue weighted by Crippen LogP contribution is 2.69. The summed E-state index contributed by atoms with van der Waals surface area (Å²) in [6, 6.07) is 10.7. The molecule has 0 amide bonds. The van der Waals surface area contributed by atoms with Gasteiger partial charge < -0.3 is 28.7 Å². The number of aromatic hydroxyl groups is 2. The van der Waals surface area contributed by atoms with Gasteiger partial charge in [0.1, 0.15) is 28.6 Å². The molecule has 304 valence electrons. The van der Waals surface area contributed by atoms with Crippen molar-refractivity contribution >= 4 is 5.76 Å². The maximum atomic E-state index is 12.8. The summed E-state index contributed by atoms with van der Waals surface area (Å²) in [7, 11) is 0. The Hall–Kier alpha value is -4.54. The molecular formula is C40H44F6N2O8. The summed E-state index contributed by atoms with van der Waals surface area (Å²) >= 11 is 0. The quantitative estimate of drug-likeness (QED) is 0.152. The Balaban J connectivity index is 0.000000190. The Kier molecular flexibility index (Phi) is 9.54. The fourth-order valence-electron chi connectivity index (χ4n) is 8.44. The van der Waals surface area contributed by atoms with Crippen LogP contribution in [0.25, 0.3) is 28.3 Å². The number of phenols is 2. The van der Waals surface area contributed by atoms with Crippen molar-refractivity contribution in [3.05, 3.63) is 76.8 Å². The number of rotatable bonds is 4. The van der Waals surface area contributed by atoms with Gasteiger partial charge in [-0.05, 0) is 35.3 Å². The minimum atomic E-state index is -4.66. The van der Waals surface area contributed by atoms with Crippen molar-refractivity contribution in [3.8, 4) is 34.0 Å². The molecule has 56 heavy (non-hydrogen) atoms. The van der Waals surface area contributed by atoms with Gasteiger partial charge in [-0.2, -0.15) is 31.2 Å². The molecule has 0 spiro atoms. The van der Waals surface area contributed by atoms with Crippen LogP contribution in [0.4, 0.5) is 26.3 Å². The Morgan fingerprint density at radius 3 is 1.59 bits per heavy atom. The lowest BCUT2D eigenvalue weighted by Crippen LogP contribution is -2.72. The van der Waals surface area contributed by atoms with Crippen LogP contribution in [0.1, 0.15) is 91.9 Å². The molecule has 2 unspecified atom stereocenters. The van der Waals surface area contributed by atoms with Gasteiger partial charge in [0.05, 0.1) is 13.2 Å². The van der Waals surface area contributed by atoms with Crippen LogP contribution >= 0.6 is 0 Å². The first-order valence-corrected chi connectivity index (χ1v) is 17.7. The second kappa shape index (κ2) is 13.0. The molecule has 5 heterocycles. The van der Waals surface area contributed by atoms with E-state index in [1.165, 1.54) is 24.3 Å². The monoisotopic (exact) mass is 794 g/mol. The molecule has 0 aliphatic carbocycles. The zero-order chi connectivity index (χ0) is 41.7. The molecule has 2 atom stereocenters. The predicted molar refractivity (Wildman–Crippen MR) is 189 cm³/mol. The van der Waals surface area contributed by atoms with E-state index in [4.69, 9.17) is 19.2 Å². The molecule has 7 rings (SSSR count). The fourth-order valence-corrected chi connectivity index (χ4v) is 8.44. The minimum Gasteiger partial charge on any atom is -0.507 e. The summed E-state index contributed by atoms with van der Waals surface area (Å²) < 4.78 is 97.1. The summed E-state index contributed by atoms with van der Waals surface area (Å²) in [5.41, 5.74) is 0.448. The number of nitrogens with zero attached hydrogens (tertiary/aromatic N) is 2. The van der Waals surface area contributed by atoms with Crippen LogP contribution in [-0.4, -0.2) is 39.3 Å². The van der Waals surface area contributed by atoms with E-state index in [-0.39, 0.29) is 50.3 Å². The van der Waals surface area contributed by atoms with Crippen LogP contribution in [0.15, 0.2) is 63.2 Å². The van der Waals surface area contributed by atoms with E-state index in [1.807, 2.05) is 34.6 Å². The van der Waals surface area contributed by atoms with E-state index in [0.717, 1.165) is 17.7 Å². The van der Waals surface area contributed by atoms with Crippen LogP contribution in [0.2, 0.25) is 0 Å². The van der Waals surface area contributed by atoms with E-state index >= 15 is 0 Å². The number of hydrogen-bond acceptors (Lipinski definition) is 10. The van der Waals surface area contributed by atoms with Crippen LogP contribution in [0, 0.1) is 21.7 Å². The molecule has 0 saturated carbocycles. The Bertz CT molecular complexity index is 2170. The van der Waals surface area contributed by atoms with Crippen molar-refractivity contribution in [1.29, 1.82) is 0 Å². The SMILES string of the molecule is CC(C)(C)C12OOC1(c1ccc(-c3cc(C(F)(F)F)on3)c(O)c1)OCC2(C)C.CC(C)(C)C1=C(c2ccc(-c3cc(C(F)(F)F)on3)c(O)c2)OCC1(C)C. The molecule has 4 aromatic rings. The first-order chi connectivity index (χ1) is 25.6. The lowest BCUT2D eigenvalue weighted by molar-refractivity contribution is -0.626. The van der Waals surface area contributed by atoms with Gasteiger partial charge in [0.25, 0.3) is 5.79 Å². The maximum Gasteiger partial charge on any atom is 0.452 e. The van der Waals surface area contributed by atoms with E-state index in [2.05, 4.69) is 54.0 Å². The molecule has 16 heteroatoms. The van der Waals surface area contributed by atoms with Crippen LogP contribution in [0.5, 0.6) is 11.5 Å². The molecular weight excluding hydrogens is 750 g/mol. The second-order valence-electron chi connectivity index (χ2n) is 17.6. The molecule has 2 saturated heterocycles. The number of alkyl halides is 6. The van der Waals surface area contributed by atoms with Gasteiger partial charge in [0.15, 0.2) is 5.60 Å². The highest BCUT2D eigenvalue weighted by atomic mass is 19.4. The number of ether oxygens (including phenoxy) is 2. The first kappa shape index (κ1) is 41.1. The zero-order valence-corrected chi connectivity index (χ0v) is 32.5. The number of hydrogen-bond donors (Lipinski definition) is 2. The molecule has 3 aliphatic rings. The van der Waals surface area contributed by atoms with E-state index < -0.39 is 40.7 Å². The van der Waals surface area contributed by atoms with Gasteiger partial charge in [0.2, 0.25) is 11.5 Å². The lowest BCUT2D eigenvalue weighted by atomic mass is 9.57. The lowest BCUT2D eigenvalue weighted by Gasteiger charge is -2.61. The molecule has 0 bridgehead atoms. The van der Waals surface area contributed by atoms with Gasteiger partial charge in [-0.25, -0.2) is 4.89 Å². The fraction of sp³-hybridized carbons (Fsp3) is 0.500.